The number of hydrogen-bond acceptors (Lipinski definition) is 6. The SMILES string of the molecule is CC(C)(c1nccc(C(=O)O)n1)c1nccc(-c2cccnc2)n1. The third-order valence-corrected chi connectivity index (χ3v) is 3.61. The Labute approximate surface area is 138 Å². The molecule has 0 amide bonds. The molecule has 3 aromatic rings. The van der Waals surface area contributed by atoms with Gasteiger partial charge in [-0.1, -0.05) is 0 Å². The van der Waals surface area contributed by atoms with Crippen LogP contribution in [0.4, 0.5) is 0 Å². The van der Waals surface area contributed by atoms with Crippen molar-refractivity contribution in [3.63, 3.8) is 0 Å². The molecule has 3 rings (SSSR count). The molecule has 0 atom stereocenters. The van der Waals surface area contributed by atoms with Gasteiger partial charge in [0.25, 0.3) is 0 Å². The molecule has 0 fully saturated rings. The first-order valence-corrected chi connectivity index (χ1v) is 7.29. The quantitative estimate of drug-likeness (QED) is 0.787. The molecule has 7 nitrogen and oxygen atoms in total. The lowest BCUT2D eigenvalue weighted by molar-refractivity contribution is 0.0689. The normalized spacial score (nSPS) is 11.2. The van der Waals surface area contributed by atoms with Gasteiger partial charge in [0.1, 0.15) is 11.6 Å². The number of rotatable bonds is 4. The Morgan fingerprint density at radius 2 is 1.71 bits per heavy atom. The van der Waals surface area contributed by atoms with Crippen LogP contribution in [0, 0.1) is 0 Å². The fourth-order valence-electron chi connectivity index (χ4n) is 2.21. The zero-order chi connectivity index (χ0) is 17.2. The van der Waals surface area contributed by atoms with E-state index in [2.05, 4.69) is 24.9 Å². The molecule has 0 saturated carbocycles. The summed E-state index contributed by atoms with van der Waals surface area (Å²) in [6.07, 6.45) is 6.51. The Morgan fingerprint density at radius 1 is 1.00 bits per heavy atom. The third-order valence-electron chi connectivity index (χ3n) is 3.61. The third kappa shape index (κ3) is 2.96. The second-order valence-corrected chi connectivity index (χ2v) is 5.70. The molecule has 0 aliphatic rings. The molecule has 3 heterocycles. The van der Waals surface area contributed by atoms with Crippen LogP contribution in [0.3, 0.4) is 0 Å². The van der Waals surface area contributed by atoms with Crippen LogP contribution < -0.4 is 0 Å². The molecule has 0 unspecified atom stereocenters. The number of hydrogen-bond donors (Lipinski definition) is 1. The van der Waals surface area contributed by atoms with E-state index in [0.29, 0.717) is 11.6 Å². The molecule has 0 radical (unpaired) electrons. The first-order valence-electron chi connectivity index (χ1n) is 7.29. The highest BCUT2D eigenvalue weighted by Crippen LogP contribution is 2.27. The Bertz CT molecular complexity index is 881. The molecule has 0 saturated heterocycles. The summed E-state index contributed by atoms with van der Waals surface area (Å²) in [4.78, 5) is 32.5. The van der Waals surface area contributed by atoms with E-state index in [1.54, 1.807) is 24.7 Å². The van der Waals surface area contributed by atoms with E-state index in [4.69, 9.17) is 5.11 Å². The van der Waals surface area contributed by atoms with Crippen molar-refractivity contribution < 1.29 is 9.90 Å². The maximum absolute atomic E-state index is 11.1. The van der Waals surface area contributed by atoms with Gasteiger partial charge in [0, 0.05) is 30.4 Å². The van der Waals surface area contributed by atoms with Crippen molar-refractivity contribution in [1.82, 2.24) is 24.9 Å². The van der Waals surface area contributed by atoms with Crippen LogP contribution in [0.5, 0.6) is 0 Å². The van der Waals surface area contributed by atoms with Crippen LogP contribution in [0.1, 0.15) is 36.0 Å². The number of aromatic carboxylic acids is 1. The number of carbonyl (C=O) groups is 1. The van der Waals surface area contributed by atoms with Gasteiger partial charge in [-0.2, -0.15) is 0 Å². The van der Waals surface area contributed by atoms with E-state index in [9.17, 15) is 4.79 Å². The van der Waals surface area contributed by atoms with E-state index in [1.807, 2.05) is 26.0 Å². The van der Waals surface area contributed by atoms with Gasteiger partial charge in [-0.25, -0.2) is 24.7 Å². The zero-order valence-corrected chi connectivity index (χ0v) is 13.2. The lowest BCUT2D eigenvalue weighted by Crippen LogP contribution is -2.26. The van der Waals surface area contributed by atoms with E-state index in [0.717, 1.165) is 11.3 Å². The summed E-state index contributed by atoms with van der Waals surface area (Å²) in [5.74, 6) is -0.239. The highest BCUT2D eigenvalue weighted by molar-refractivity contribution is 5.85. The molecule has 0 aromatic carbocycles. The first kappa shape index (κ1) is 15.7. The van der Waals surface area contributed by atoms with E-state index < -0.39 is 11.4 Å². The number of carboxylic acid groups (broad SMARTS) is 1. The Hall–Kier alpha value is -3.22. The highest BCUT2D eigenvalue weighted by atomic mass is 16.4. The van der Waals surface area contributed by atoms with Crippen molar-refractivity contribution in [3.05, 3.63) is 66.4 Å². The van der Waals surface area contributed by atoms with Crippen molar-refractivity contribution in [2.45, 2.75) is 19.3 Å². The van der Waals surface area contributed by atoms with Crippen molar-refractivity contribution in [2.75, 3.05) is 0 Å². The fraction of sp³-hybridized carbons (Fsp3) is 0.176. The monoisotopic (exact) mass is 321 g/mol. The predicted molar refractivity (Wildman–Crippen MR) is 86.4 cm³/mol. The second-order valence-electron chi connectivity index (χ2n) is 5.70. The summed E-state index contributed by atoms with van der Waals surface area (Å²) in [6.45, 7) is 3.71. The summed E-state index contributed by atoms with van der Waals surface area (Å²) in [7, 11) is 0. The topological polar surface area (TPSA) is 102 Å². The standard InChI is InChI=1S/C17H15N5O2/c1-17(2,16-20-9-6-13(22-16)14(23)24)15-19-8-5-12(21-15)11-4-3-7-18-10-11/h3-10H,1-2H3,(H,23,24). The molecule has 3 aromatic heterocycles. The van der Waals surface area contributed by atoms with Crippen molar-refractivity contribution in [2.24, 2.45) is 0 Å². The Kier molecular flexibility index (Phi) is 3.99. The largest absolute Gasteiger partial charge is 0.477 e. The number of aromatic nitrogens is 5. The lowest BCUT2D eigenvalue weighted by Gasteiger charge is -2.21. The minimum atomic E-state index is -1.10. The van der Waals surface area contributed by atoms with Crippen LogP contribution in [-0.2, 0) is 5.41 Å². The fourth-order valence-corrected chi connectivity index (χ4v) is 2.21. The lowest BCUT2D eigenvalue weighted by atomic mass is 9.90. The van der Waals surface area contributed by atoms with E-state index in [1.165, 1.54) is 12.3 Å². The van der Waals surface area contributed by atoms with Gasteiger partial charge in [0.2, 0.25) is 0 Å². The molecule has 120 valence electrons. The van der Waals surface area contributed by atoms with Crippen LogP contribution >= 0.6 is 0 Å². The maximum atomic E-state index is 11.1. The predicted octanol–water partition coefficient (Wildman–Crippen LogP) is 2.35. The van der Waals surface area contributed by atoms with E-state index in [-0.39, 0.29) is 5.69 Å². The average Bonchev–Trinajstić information content (AvgIpc) is 2.62. The zero-order valence-electron chi connectivity index (χ0n) is 13.2. The van der Waals surface area contributed by atoms with Crippen molar-refractivity contribution in [3.8, 4) is 11.3 Å². The molecule has 1 N–H and O–H groups in total. The molecule has 0 spiro atoms. The van der Waals surface area contributed by atoms with Crippen molar-refractivity contribution in [1.29, 1.82) is 0 Å². The summed E-state index contributed by atoms with van der Waals surface area (Å²) >= 11 is 0. The number of nitrogens with zero attached hydrogens (tertiary/aromatic N) is 5. The van der Waals surface area contributed by atoms with Crippen LogP contribution in [0.25, 0.3) is 11.3 Å². The van der Waals surface area contributed by atoms with Gasteiger partial charge in [-0.3, -0.25) is 4.98 Å². The smallest absolute Gasteiger partial charge is 0.354 e. The van der Waals surface area contributed by atoms with Gasteiger partial charge in [-0.15, -0.1) is 0 Å². The summed E-state index contributed by atoms with van der Waals surface area (Å²) in [5, 5.41) is 9.11. The maximum Gasteiger partial charge on any atom is 0.354 e. The molecule has 0 aliphatic carbocycles. The molecule has 24 heavy (non-hydrogen) atoms. The van der Waals surface area contributed by atoms with Gasteiger partial charge in [0.15, 0.2) is 5.69 Å². The number of carboxylic acids is 1. The molecule has 7 heteroatoms. The van der Waals surface area contributed by atoms with E-state index >= 15 is 0 Å². The molecular weight excluding hydrogens is 306 g/mol. The van der Waals surface area contributed by atoms with Gasteiger partial charge in [0.05, 0.1) is 11.1 Å². The van der Waals surface area contributed by atoms with Gasteiger partial charge >= 0.3 is 5.97 Å². The Balaban J connectivity index is 2.04. The van der Waals surface area contributed by atoms with Gasteiger partial charge in [-0.05, 0) is 38.1 Å². The average molecular weight is 321 g/mol. The van der Waals surface area contributed by atoms with Crippen molar-refractivity contribution >= 4 is 5.97 Å². The molecule has 0 bridgehead atoms. The second kappa shape index (κ2) is 6.11. The minimum absolute atomic E-state index is 0.0588. The van der Waals surface area contributed by atoms with Gasteiger partial charge < -0.3 is 5.11 Å². The van der Waals surface area contributed by atoms with Crippen LogP contribution in [-0.4, -0.2) is 36.0 Å². The highest BCUT2D eigenvalue weighted by Gasteiger charge is 2.30. The molecular formula is C17H15N5O2. The molecule has 0 aliphatic heterocycles. The Morgan fingerprint density at radius 3 is 2.38 bits per heavy atom. The van der Waals surface area contributed by atoms with Crippen LogP contribution in [0.2, 0.25) is 0 Å². The first-order chi connectivity index (χ1) is 11.5. The summed E-state index contributed by atoms with van der Waals surface area (Å²) < 4.78 is 0. The number of pyridine rings is 1. The minimum Gasteiger partial charge on any atom is -0.477 e. The summed E-state index contributed by atoms with van der Waals surface area (Å²) in [6, 6.07) is 6.90. The van der Waals surface area contributed by atoms with Crippen LogP contribution in [0.15, 0.2) is 49.1 Å². The summed E-state index contributed by atoms with van der Waals surface area (Å²) in [5.41, 5.74) is 0.799.